The number of aromatic nitrogens is 4. The van der Waals surface area contributed by atoms with Crippen LogP contribution in [0.25, 0.3) is 0 Å². The standard InChI is InChI=1S/C17H23N5O2/c1-21-7-5-18-16(21)13-2-6-22(11-13)17(23)14-10-19-20-15(14)12-3-8-24-9-4-12/h5,7,10,12-13H,2-4,6,8-9,11H2,1H3,(H,19,20). The molecule has 1 atom stereocenters. The summed E-state index contributed by atoms with van der Waals surface area (Å²) in [4.78, 5) is 19.4. The Morgan fingerprint density at radius 1 is 1.29 bits per heavy atom. The van der Waals surface area contributed by atoms with Crippen molar-refractivity contribution < 1.29 is 9.53 Å². The summed E-state index contributed by atoms with van der Waals surface area (Å²) in [5.41, 5.74) is 1.70. The van der Waals surface area contributed by atoms with Crippen LogP contribution in [0.4, 0.5) is 0 Å². The monoisotopic (exact) mass is 329 g/mol. The van der Waals surface area contributed by atoms with Gasteiger partial charge < -0.3 is 14.2 Å². The number of aryl methyl sites for hydroxylation is 1. The molecule has 0 aromatic carbocycles. The molecule has 2 saturated heterocycles. The van der Waals surface area contributed by atoms with Gasteiger partial charge in [0, 0.05) is 57.6 Å². The van der Waals surface area contributed by atoms with Gasteiger partial charge in [0.25, 0.3) is 5.91 Å². The minimum absolute atomic E-state index is 0.0851. The molecule has 2 fully saturated rings. The normalized spacial score (nSPS) is 22.2. The number of hydrogen-bond acceptors (Lipinski definition) is 4. The van der Waals surface area contributed by atoms with E-state index in [1.54, 1.807) is 6.20 Å². The lowest BCUT2D eigenvalue weighted by Crippen LogP contribution is -2.30. The molecule has 2 aliphatic heterocycles. The molecule has 4 heterocycles. The van der Waals surface area contributed by atoms with Crippen LogP contribution in [-0.2, 0) is 11.8 Å². The van der Waals surface area contributed by atoms with Crippen LogP contribution in [0.15, 0.2) is 18.6 Å². The van der Waals surface area contributed by atoms with Crippen LogP contribution in [0, 0.1) is 0 Å². The Kier molecular flexibility index (Phi) is 4.10. The zero-order chi connectivity index (χ0) is 16.5. The Balaban J connectivity index is 1.49. The second-order valence-electron chi connectivity index (χ2n) is 6.72. The second-order valence-corrected chi connectivity index (χ2v) is 6.72. The highest BCUT2D eigenvalue weighted by Crippen LogP contribution is 2.31. The fraction of sp³-hybridized carbons (Fsp3) is 0.588. The largest absolute Gasteiger partial charge is 0.381 e. The highest BCUT2D eigenvalue weighted by atomic mass is 16.5. The van der Waals surface area contributed by atoms with Crippen LogP contribution in [-0.4, -0.2) is 56.9 Å². The van der Waals surface area contributed by atoms with Gasteiger partial charge in [0.1, 0.15) is 5.82 Å². The SMILES string of the molecule is Cn1ccnc1C1CCN(C(=O)c2cn[nH]c2C2CCOCC2)C1. The zero-order valence-electron chi connectivity index (χ0n) is 13.9. The molecule has 0 aliphatic carbocycles. The number of amides is 1. The third kappa shape index (κ3) is 2.73. The Morgan fingerprint density at radius 3 is 2.88 bits per heavy atom. The number of H-pyrrole nitrogens is 1. The molecule has 2 aromatic heterocycles. The molecule has 0 radical (unpaired) electrons. The van der Waals surface area contributed by atoms with E-state index in [2.05, 4.69) is 15.2 Å². The molecular weight excluding hydrogens is 306 g/mol. The van der Waals surface area contributed by atoms with Gasteiger partial charge >= 0.3 is 0 Å². The van der Waals surface area contributed by atoms with Crippen LogP contribution in [0.5, 0.6) is 0 Å². The Hall–Kier alpha value is -2.15. The van der Waals surface area contributed by atoms with Gasteiger partial charge in [-0.15, -0.1) is 0 Å². The fourth-order valence-corrected chi connectivity index (χ4v) is 3.86. The van der Waals surface area contributed by atoms with Crippen LogP contribution in [0.2, 0.25) is 0 Å². The summed E-state index contributed by atoms with van der Waals surface area (Å²) in [6.45, 7) is 3.00. The Bertz CT molecular complexity index is 716. The molecular formula is C17H23N5O2. The van der Waals surface area contributed by atoms with Crippen molar-refractivity contribution in [3.05, 3.63) is 35.7 Å². The lowest BCUT2D eigenvalue weighted by molar-refractivity contribution is 0.0768. The van der Waals surface area contributed by atoms with Crippen molar-refractivity contribution >= 4 is 5.91 Å². The first-order valence-electron chi connectivity index (χ1n) is 8.61. The molecule has 0 saturated carbocycles. The van der Waals surface area contributed by atoms with E-state index in [-0.39, 0.29) is 5.91 Å². The topological polar surface area (TPSA) is 76.0 Å². The van der Waals surface area contributed by atoms with Crippen LogP contribution in [0.3, 0.4) is 0 Å². The molecule has 1 amide bonds. The highest BCUT2D eigenvalue weighted by Gasteiger charge is 2.32. The quantitative estimate of drug-likeness (QED) is 0.929. The number of hydrogen-bond donors (Lipinski definition) is 1. The predicted molar refractivity (Wildman–Crippen MR) is 87.9 cm³/mol. The summed E-state index contributed by atoms with van der Waals surface area (Å²) in [5, 5.41) is 7.20. The summed E-state index contributed by atoms with van der Waals surface area (Å²) >= 11 is 0. The number of imidazole rings is 1. The number of rotatable bonds is 3. The summed E-state index contributed by atoms with van der Waals surface area (Å²) in [6.07, 6.45) is 8.30. The van der Waals surface area contributed by atoms with Crippen molar-refractivity contribution in [1.82, 2.24) is 24.6 Å². The molecule has 0 bridgehead atoms. The van der Waals surface area contributed by atoms with Crippen LogP contribution in [0.1, 0.15) is 53.0 Å². The number of nitrogens with zero attached hydrogens (tertiary/aromatic N) is 4. The lowest BCUT2D eigenvalue weighted by atomic mass is 9.93. The highest BCUT2D eigenvalue weighted by molar-refractivity contribution is 5.95. The van der Waals surface area contributed by atoms with E-state index in [0.29, 0.717) is 11.8 Å². The van der Waals surface area contributed by atoms with Crippen molar-refractivity contribution in [3.63, 3.8) is 0 Å². The van der Waals surface area contributed by atoms with Gasteiger partial charge in [-0.3, -0.25) is 9.89 Å². The molecule has 24 heavy (non-hydrogen) atoms. The second kappa shape index (κ2) is 6.39. The number of ether oxygens (including phenoxy) is 1. The van der Waals surface area contributed by atoms with Gasteiger partial charge in [0.2, 0.25) is 0 Å². The minimum atomic E-state index is 0.0851. The van der Waals surface area contributed by atoms with E-state index >= 15 is 0 Å². The van der Waals surface area contributed by atoms with Crippen LogP contribution < -0.4 is 0 Å². The molecule has 1 unspecified atom stereocenters. The average molecular weight is 329 g/mol. The summed E-state index contributed by atoms with van der Waals surface area (Å²) in [6, 6.07) is 0. The molecule has 7 nitrogen and oxygen atoms in total. The third-order valence-corrected chi connectivity index (χ3v) is 5.23. The van der Waals surface area contributed by atoms with Gasteiger partial charge in [0.15, 0.2) is 0 Å². The first-order valence-corrected chi connectivity index (χ1v) is 8.61. The van der Waals surface area contributed by atoms with Crippen molar-refractivity contribution in [2.45, 2.75) is 31.1 Å². The summed E-state index contributed by atoms with van der Waals surface area (Å²) < 4.78 is 7.47. The van der Waals surface area contributed by atoms with Crippen molar-refractivity contribution in [2.75, 3.05) is 26.3 Å². The Morgan fingerprint density at radius 2 is 2.12 bits per heavy atom. The van der Waals surface area contributed by atoms with E-state index in [9.17, 15) is 4.79 Å². The molecule has 2 aliphatic rings. The van der Waals surface area contributed by atoms with E-state index in [0.717, 1.165) is 62.6 Å². The van der Waals surface area contributed by atoms with Gasteiger partial charge in [0.05, 0.1) is 17.5 Å². The van der Waals surface area contributed by atoms with Crippen LogP contribution >= 0.6 is 0 Å². The summed E-state index contributed by atoms with van der Waals surface area (Å²) in [5.74, 6) is 1.80. The molecule has 128 valence electrons. The molecule has 0 spiro atoms. The number of carbonyl (C=O) groups is 1. The van der Waals surface area contributed by atoms with Gasteiger partial charge in [-0.1, -0.05) is 0 Å². The number of aromatic amines is 1. The van der Waals surface area contributed by atoms with E-state index < -0.39 is 0 Å². The van der Waals surface area contributed by atoms with E-state index in [4.69, 9.17) is 4.74 Å². The maximum atomic E-state index is 13.0. The third-order valence-electron chi connectivity index (χ3n) is 5.23. The van der Waals surface area contributed by atoms with Crippen molar-refractivity contribution in [2.24, 2.45) is 7.05 Å². The molecule has 1 N–H and O–H groups in total. The predicted octanol–water partition coefficient (Wildman–Crippen LogP) is 1.67. The van der Waals surface area contributed by atoms with Crippen molar-refractivity contribution in [3.8, 4) is 0 Å². The first-order chi connectivity index (χ1) is 11.7. The Labute approximate surface area is 141 Å². The number of carbonyl (C=O) groups excluding carboxylic acids is 1. The van der Waals surface area contributed by atoms with Gasteiger partial charge in [-0.2, -0.15) is 5.10 Å². The number of nitrogens with one attached hydrogen (secondary N) is 1. The van der Waals surface area contributed by atoms with Crippen molar-refractivity contribution in [1.29, 1.82) is 0 Å². The molecule has 2 aromatic rings. The van der Waals surface area contributed by atoms with Gasteiger partial charge in [-0.25, -0.2) is 4.98 Å². The lowest BCUT2D eigenvalue weighted by Gasteiger charge is -2.23. The van der Waals surface area contributed by atoms with E-state index in [1.165, 1.54) is 0 Å². The minimum Gasteiger partial charge on any atom is -0.381 e. The maximum Gasteiger partial charge on any atom is 0.257 e. The smallest absolute Gasteiger partial charge is 0.257 e. The number of likely N-dealkylation sites (tertiary alicyclic amines) is 1. The van der Waals surface area contributed by atoms with E-state index in [1.807, 2.05) is 28.9 Å². The van der Waals surface area contributed by atoms with Gasteiger partial charge in [-0.05, 0) is 19.3 Å². The molecule has 4 rings (SSSR count). The first kappa shape index (κ1) is 15.4. The maximum absolute atomic E-state index is 13.0. The average Bonchev–Trinajstić information content (AvgIpc) is 3.35. The molecule has 7 heteroatoms. The fourth-order valence-electron chi connectivity index (χ4n) is 3.86. The summed E-state index contributed by atoms with van der Waals surface area (Å²) in [7, 11) is 2.01. The zero-order valence-corrected chi connectivity index (χ0v) is 13.9.